The molecule has 2 heterocycles. The molecular formula is C16H22ClN5O3. The molecule has 0 aliphatic carbocycles. The molecule has 1 aromatic carbocycles. The van der Waals surface area contributed by atoms with Gasteiger partial charge >= 0.3 is 0 Å². The monoisotopic (exact) mass is 367 g/mol. The molecule has 1 saturated heterocycles. The van der Waals surface area contributed by atoms with Crippen LogP contribution < -0.4 is 16.2 Å². The van der Waals surface area contributed by atoms with E-state index in [0.29, 0.717) is 50.7 Å². The molecule has 1 aromatic rings. The van der Waals surface area contributed by atoms with Crippen LogP contribution in [0.25, 0.3) is 0 Å². The first-order valence-corrected chi connectivity index (χ1v) is 8.56. The number of halogens is 1. The van der Waals surface area contributed by atoms with Crippen molar-refractivity contribution in [3.63, 3.8) is 0 Å². The summed E-state index contributed by atoms with van der Waals surface area (Å²) in [7, 11) is 0. The molecule has 1 fully saturated rings. The Hall–Kier alpha value is -2.03. The van der Waals surface area contributed by atoms with Crippen molar-refractivity contribution in [2.24, 2.45) is 21.5 Å². The highest BCUT2D eigenvalue weighted by molar-refractivity contribution is 6.30. The summed E-state index contributed by atoms with van der Waals surface area (Å²) in [4.78, 5) is 14.3. The average Bonchev–Trinajstić information content (AvgIpc) is 2.59. The summed E-state index contributed by atoms with van der Waals surface area (Å²) in [5.74, 6) is 1.15. The molecule has 0 saturated carbocycles. The van der Waals surface area contributed by atoms with Crippen molar-refractivity contribution in [3.8, 4) is 5.75 Å². The third-order valence-corrected chi connectivity index (χ3v) is 4.27. The first-order chi connectivity index (χ1) is 12.1. The van der Waals surface area contributed by atoms with E-state index in [9.17, 15) is 0 Å². The van der Waals surface area contributed by atoms with Gasteiger partial charge in [-0.25, -0.2) is 4.99 Å². The molecule has 25 heavy (non-hydrogen) atoms. The second-order valence-corrected chi connectivity index (χ2v) is 6.25. The minimum atomic E-state index is -0.634. The molecule has 136 valence electrons. The van der Waals surface area contributed by atoms with Gasteiger partial charge in [0.25, 0.3) is 0 Å². The maximum atomic E-state index is 6.00. The number of nitrogens with two attached hydrogens (primary N) is 2. The van der Waals surface area contributed by atoms with Crippen LogP contribution in [0.4, 0.5) is 0 Å². The van der Waals surface area contributed by atoms with Gasteiger partial charge in [0, 0.05) is 24.3 Å². The molecule has 0 radical (unpaired) electrons. The standard InChI is InChI=1S/C16H22ClN5O3/c17-12-2-4-13(5-3-12)24-8-1-9-25-22-15(19)20-14(18)21-16(22)6-10-23-11-7-16/h2-5H,1,6-11H2,(H4,18,19,20,21). The van der Waals surface area contributed by atoms with Crippen LogP contribution in [-0.2, 0) is 9.57 Å². The molecule has 1 spiro atoms. The van der Waals surface area contributed by atoms with Crippen LogP contribution in [-0.4, -0.2) is 49.1 Å². The Balaban J connectivity index is 1.50. The number of ether oxygens (including phenoxy) is 2. The molecular weight excluding hydrogens is 346 g/mol. The Morgan fingerprint density at radius 1 is 1.16 bits per heavy atom. The van der Waals surface area contributed by atoms with E-state index in [2.05, 4.69) is 9.98 Å². The highest BCUT2D eigenvalue weighted by Gasteiger charge is 2.43. The van der Waals surface area contributed by atoms with Crippen LogP contribution in [0.3, 0.4) is 0 Å². The summed E-state index contributed by atoms with van der Waals surface area (Å²) in [5, 5.41) is 2.24. The van der Waals surface area contributed by atoms with E-state index >= 15 is 0 Å². The Labute approximate surface area is 151 Å². The van der Waals surface area contributed by atoms with Gasteiger partial charge in [-0.05, 0) is 24.3 Å². The van der Waals surface area contributed by atoms with Crippen molar-refractivity contribution in [2.75, 3.05) is 26.4 Å². The highest BCUT2D eigenvalue weighted by Crippen LogP contribution is 2.31. The number of hydroxylamine groups is 2. The molecule has 4 N–H and O–H groups in total. The summed E-state index contributed by atoms with van der Waals surface area (Å²) in [6.45, 7) is 2.07. The van der Waals surface area contributed by atoms with Gasteiger partial charge in [0.2, 0.25) is 11.9 Å². The van der Waals surface area contributed by atoms with Gasteiger partial charge < -0.3 is 20.9 Å². The van der Waals surface area contributed by atoms with Crippen molar-refractivity contribution >= 4 is 23.5 Å². The zero-order chi connectivity index (χ0) is 17.7. The van der Waals surface area contributed by atoms with Crippen LogP contribution in [0, 0.1) is 0 Å². The molecule has 8 nitrogen and oxygen atoms in total. The van der Waals surface area contributed by atoms with Crippen LogP contribution in [0.15, 0.2) is 34.3 Å². The van der Waals surface area contributed by atoms with Gasteiger partial charge in [0.05, 0.1) is 26.4 Å². The fourth-order valence-electron chi connectivity index (χ4n) is 2.79. The summed E-state index contributed by atoms with van der Waals surface area (Å²) in [6.07, 6.45) is 1.97. The van der Waals surface area contributed by atoms with E-state index in [-0.39, 0.29) is 11.9 Å². The molecule has 2 aliphatic heterocycles. The maximum Gasteiger partial charge on any atom is 0.226 e. The lowest BCUT2D eigenvalue weighted by molar-refractivity contribution is -0.190. The van der Waals surface area contributed by atoms with Gasteiger partial charge in [-0.2, -0.15) is 10.1 Å². The van der Waals surface area contributed by atoms with E-state index in [4.69, 9.17) is 37.4 Å². The van der Waals surface area contributed by atoms with Gasteiger partial charge in [-0.15, -0.1) is 0 Å². The number of hydrogen-bond acceptors (Lipinski definition) is 8. The lowest BCUT2D eigenvalue weighted by Gasteiger charge is -2.43. The Morgan fingerprint density at radius 2 is 1.88 bits per heavy atom. The molecule has 0 unspecified atom stereocenters. The molecule has 0 amide bonds. The predicted molar refractivity (Wildman–Crippen MR) is 95.4 cm³/mol. The first-order valence-electron chi connectivity index (χ1n) is 8.18. The third kappa shape index (κ3) is 4.33. The van der Waals surface area contributed by atoms with E-state index in [1.807, 2.05) is 12.1 Å². The zero-order valence-corrected chi connectivity index (χ0v) is 14.6. The number of nitrogens with zero attached hydrogens (tertiary/aromatic N) is 3. The van der Waals surface area contributed by atoms with Crippen LogP contribution in [0.1, 0.15) is 19.3 Å². The molecule has 3 rings (SSSR count). The quantitative estimate of drug-likeness (QED) is 0.737. The summed E-state index contributed by atoms with van der Waals surface area (Å²) in [6, 6.07) is 7.23. The molecule has 9 heteroatoms. The van der Waals surface area contributed by atoms with Gasteiger partial charge in [-0.1, -0.05) is 11.6 Å². The fourth-order valence-corrected chi connectivity index (χ4v) is 2.92. The van der Waals surface area contributed by atoms with E-state index < -0.39 is 5.66 Å². The number of aliphatic imine (C=N–C) groups is 2. The fraction of sp³-hybridized carbons (Fsp3) is 0.500. The van der Waals surface area contributed by atoms with E-state index in [1.165, 1.54) is 0 Å². The minimum absolute atomic E-state index is 0.172. The van der Waals surface area contributed by atoms with Gasteiger partial charge in [0.1, 0.15) is 5.75 Å². The van der Waals surface area contributed by atoms with E-state index in [1.54, 1.807) is 17.2 Å². The third-order valence-electron chi connectivity index (χ3n) is 4.02. The van der Waals surface area contributed by atoms with Crippen molar-refractivity contribution < 1.29 is 14.3 Å². The normalized spacial score (nSPS) is 19.5. The lowest BCUT2D eigenvalue weighted by atomic mass is 10.0. The second-order valence-electron chi connectivity index (χ2n) is 5.82. The molecule has 2 aliphatic rings. The highest BCUT2D eigenvalue weighted by atomic mass is 35.5. The smallest absolute Gasteiger partial charge is 0.226 e. The maximum absolute atomic E-state index is 6.00. The molecule has 0 bridgehead atoms. The predicted octanol–water partition coefficient (Wildman–Crippen LogP) is 1.49. The van der Waals surface area contributed by atoms with Crippen molar-refractivity contribution in [1.29, 1.82) is 0 Å². The van der Waals surface area contributed by atoms with Crippen LogP contribution >= 0.6 is 11.6 Å². The first kappa shape index (κ1) is 17.8. The van der Waals surface area contributed by atoms with Crippen LogP contribution in [0.5, 0.6) is 5.75 Å². The van der Waals surface area contributed by atoms with E-state index in [0.717, 1.165) is 5.75 Å². The zero-order valence-electron chi connectivity index (χ0n) is 13.9. The molecule has 0 aromatic heterocycles. The second kappa shape index (κ2) is 7.90. The van der Waals surface area contributed by atoms with Gasteiger partial charge in [0.15, 0.2) is 5.66 Å². The summed E-state index contributed by atoms with van der Waals surface area (Å²) < 4.78 is 11.1. The van der Waals surface area contributed by atoms with Gasteiger partial charge in [-0.3, -0.25) is 4.84 Å². The summed E-state index contributed by atoms with van der Waals surface area (Å²) in [5.41, 5.74) is 11.1. The van der Waals surface area contributed by atoms with Crippen molar-refractivity contribution in [3.05, 3.63) is 29.3 Å². The average molecular weight is 368 g/mol. The number of hydrogen-bond donors (Lipinski definition) is 2. The Kier molecular flexibility index (Phi) is 5.62. The van der Waals surface area contributed by atoms with Crippen LogP contribution in [0.2, 0.25) is 5.02 Å². The Bertz CT molecular complexity index is 644. The van der Waals surface area contributed by atoms with Crippen molar-refractivity contribution in [1.82, 2.24) is 5.06 Å². The number of guanidine groups is 2. The minimum Gasteiger partial charge on any atom is -0.494 e. The largest absolute Gasteiger partial charge is 0.494 e. The lowest BCUT2D eigenvalue weighted by Crippen LogP contribution is -2.59. The summed E-state index contributed by atoms with van der Waals surface area (Å²) >= 11 is 5.84. The topological polar surface area (TPSA) is 108 Å². The SMILES string of the molecule is NC1=NC2(CCOCC2)N(OCCCOc2ccc(Cl)cc2)C(N)=N1. The number of rotatable bonds is 6. The Morgan fingerprint density at radius 3 is 2.60 bits per heavy atom. The number of benzene rings is 1. The molecule has 0 atom stereocenters. The van der Waals surface area contributed by atoms with Crippen molar-refractivity contribution in [2.45, 2.75) is 24.9 Å².